The average molecular weight is 358 g/mol. The number of carbonyl (C=O) groups is 1. The quantitative estimate of drug-likeness (QED) is 0.843. The lowest BCUT2D eigenvalue weighted by Gasteiger charge is -2.41. The van der Waals surface area contributed by atoms with Gasteiger partial charge in [0, 0.05) is 37.6 Å². The molecule has 0 aliphatic carbocycles. The molecule has 3 fully saturated rings. The van der Waals surface area contributed by atoms with Crippen molar-refractivity contribution in [2.75, 3.05) is 32.7 Å². The van der Waals surface area contributed by atoms with E-state index in [1.54, 1.807) is 0 Å². The van der Waals surface area contributed by atoms with Crippen molar-refractivity contribution < 1.29 is 4.79 Å². The maximum absolute atomic E-state index is 12.9. The molecule has 3 aliphatic heterocycles. The Hall–Kier alpha value is -0.320. The first-order valence-electron chi connectivity index (χ1n) is 9.89. The topological polar surface area (TPSA) is 35.6 Å². The van der Waals surface area contributed by atoms with Gasteiger partial charge in [-0.2, -0.15) is 0 Å². The van der Waals surface area contributed by atoms with Gasteiger partial charge < -0.3 is 15.1 Å². The monoisotopic (exact) mass is 357 g/mol. The van der Waals surface area contributed by atoms with Gasteiger partial charge in [-0.05, 0) is 71.4 Å². The third-order valence-electron chi connectivity index (χ3n) is 6.24. The molecule has 3 heterocycles. The fraction of sp³-hybridized carbons (Fsp3) is 0.947. The Kier molecular flexibility index (Phi) is 7.83. The first kappa shape index (κ1) is 20.0. The molecule has 0 bridgehead atoms. The van der Waals surface area contributed by atoms with E-state index in [-0.39, 0.29) is 18.3 Å². The fourth-order valence-corrected chi connectivity index (χ4v) is 4.79. The van der Waals surface area contributed by atoms with E-state index >= 15 is 0 Å². The lowest BCUT2D eigenvalue weighted by atomic mass is 9.89. The third kappa shape index (κ3) is 5.09. The minimum absolute atomic E-state index is 0. The van der Waals surface area contributed by atoms with E-state index in [0.29, 0.717) is 17.9 Å². The van der Waals surface area contributed by atoms with Gasteiger partial charge in [0.2, 0.25) is 5.91 Å². The number of hydrogen-bond acceptors (Lipinski definition) is 3. The smallest absolute Gasteiger partial charge is 0.225 e. The molecule has 2 unspecified atom stereocenters. The van der Waals surface area contributed by atoms with Gasteiger partial charge in [0.1, 0.15) is 0 Å². The van der Waals surface area contributed by atoms with E-state index in [1.165, 1.54) is 45.2 Å². The van der Waals surface area contributed by atoms with Crippen molar-refractivity contribution in [3.63, 3.8) is 0 Å². The van der Waals surface area contributed by atoms with Gasteiger partial charge in [-0.1, -0.05) is 6.42 Å². The van der Waals surface area contributed by atoms with Gasteiger partial charge in [-0.15, -0.1) is 12.4 Å². The third-order valence-corrected chi connectivity index (χ3v) is 6.24. The molecule has 4 atom stereocenters. The van der Waals surface area contributed by atoms with Gasteiger partial charge in [-0.3, -0.25) is 4.79 Å². The molecule has 3 rings (SSSR count). The van der Waals surface area contributed by atoms with Crippen molar-refractivity contribution in [1.29, 1.82) is 0 Å². The van der Waals surface area contributed by atoms with Gasteiger partial charge in [0.05, 0.1) is 0 Å². The zero-order chi connectivity index (χ0) is 16.2. The number of likely N-dealkylation sites (tertiary alicyclic amines) is 2. The van der Waals surface area contributed by atoms with Gasteiger partial charge >= 0.3 is 0 Å². The standard InChI is InChI=1S/C19H35N3O.ClH/c1-15-12-18(8-9-20-15)19(23)22-11-5-7-17(14-22)13-21-10-4-3-6-16(21)2;/h15-18,20H,3-14H2,1-2H3;1H/t15-,16?,17?,18-;/m0./s1. The Morgan fingerprint density at radius 3 is 2.67 bits per heavy atom. The number of carbonyl (C=O) groups excluding carboxylic acids is 1. The van der Waals surface area contributed by atoms with Crippen LogP contribution in [-0.4, -0.2) is 60.5 Å². The maximum Gasteiger partial charge on any atom is 0.225 e. The first-order valence-corrected chi connectivity index (χ1v) is 9.89. The summed E-state index contributed by atoms with van der Waals surface area (Å²) in [5.41, 5.74) is 0. The molecular formula is C19H36ClN3O. The second-order valence-electron chi connectivity index (χ2n) is 8.21. The summed E-state index contributed by atoms with van der Waals surface area (Å²) in [5, 5.41) is 3.46. The van der Waals surface area contributed by atoms with E-state index in [9.17, 15) is 4.79 Å². The van der Waals surface area contributed by atoms with Crippen LogP contribution in [-0.2, 0) is 4.79 Å². The Morgan fingerprint density at radius 2 is 1.92 bits per heavy atom. The number of nitrogens with one attached hydrogen (secondary N) is 1. The summed E-state index contributed by atoms with van der Waals surface area (Å²) < 4.78 is 0. The van der Waals surface area contributed by atoms with Crippen LogP contribution in [0, 0.1) is 11.8 Å². The second kappa shape index (κ2) is 9.40. The Bertz CT molecular complexity index is 406. The molecular weight excluding hydrogens is 322 g/mol. The van der Waals surface area contributed by atoms with Crippen molar-refractivity contribution in [3.05, 3.63) is 0 Å². The van der Waals surface area contributed by atoms with Crippen LogP contribution in [0.2, 0.25) is 0 Å². The lowest BCUT2D eigenvalue weighted by molar-refractivity contribution is -0.138. The van der Waals surface area contributed by atoms with Crippen LogP contribution in [0.1, 0.15) is 58.8 Å². The van der Waals surface area contributed by atoms with Crippen LogP contribution in [0.25, 0.3) is 0 Å². The molecule has 0 aromatic rings. The van der Waals surface area contributed by atoms with Gasteiger partial charge in [0.15, 0.2) is 0 Å². The summed E-state index contributed by atoms with van der Waals surface area (Å²) in [6.07, 6.45) is 8.63. The van der Waals surface area contributed by atoms with E-state index in [2.05, 4.69) is 29.0 Å². The number of piperidine rings is 3. The van der Waals surface area contributed by atoms with Crippen molar-refractivity contribution in [1.82, 2.24) is 15.1 Å². The summed E-state index contributed by atoms with van der Waals surface area (Å²) in [6.45, 7) is 10.0. The van der Waals surface area contributed by atoms with Gasteiger partial charge in [-0.25, -0.2) is 0 Å². The summed E-state index contributed by atoms with van der Waals surface area (Å²) in [6, 6.07) is 1.23. The van der Waals surface area contributed by atoms with E-state index in [0.717, 1.165) is 38.5 Å². The van der Waals surface area contributed by atoms with E-state index in [4.69, 9.17) is 0 Å². The predicted octanol–water partition coefficient (Wildman–Crippen LogP) is 2.91. The van der Waals surface area contributed by atoms with Crippen molar-refractivity contribution in [3.8, 4) is 0 Å². The Morgan fingerprint density at radius 1 is 1.08 bits per heavy atom. The summed E-state index contributed by atoms with van der Waals surface area (Å²) in [7, 11) is 0. The molecule has 3 aliphatic rings. The minimum atomic E-state index is 0. The number of hydrogen-bond donors (Lipinski definition) is 1. The SMILES string of the molecule is CC1CCCCN1CC1CCCN(C(=O)[C@H]2CCN[C@@H](C)C2)C1.Cl. The van der Waals surface area contributed by atoms with Crippen LogP contribution in [0.3, 0.4) is 0 Å². The highest BCUT2D eigenvalue weighted by atomic mass is 35.5. The van der Waals surface area contributed by atoms with Gasteiger partial charge in [0.25, 0.3) is 0 Å². The zero-order valence-electron chi connectivity index (χ0n) is 15.5. The molecule has 140 valence electrons. The molecule has 0 aromatic carbocycles. The van der Waals surface area contributed by atoms with Crippen LogP contribution >= 0.6 is 12.4 Å². The summed E-state index contributed by atoms with van der Waals surface area (Å²) >= 11 is 0. The van der Waals surface area contributed by atoms with Crippen LogP contribution in [0.15, 0.2) is 0 Å². The zero-order valence-corrected chi connectivity index (χ0v) is 16.3. The molecule has 0 saturated carbocycles. The number of amides is 1. The Labute approximate surface area is 154 Å². The normalized spacial score (nSPS) is 35.3. The fourth-order valence-electron chi connectivity index (χ4n) is 4.79. The largest absolute Gasteiger partial charge is 0.342 e. The molecule has 3 saturated heterocycles. The summed E-state index contributed by atoms with van der Waals surface area (Å²) in [4.78, 5) is 17.8. The minimum Gasteiger partial charge on any atom is -0.342 e. The van der Waals surface area contributed by atoms with Crippen molar-refractivity contribution >= 4 is 18.3 Å². The maximum atomic E-state index is 12.9. The highest BCUT2D eigenvalue weighted by Crippen LogP contribution is 2.25. The molecule has 0 spiro atoms. The number of rotatable bonds is 3. The van der Waals surface area contributed by atoms with Crippen LogP contribution in [0.5, 0.6) is 0 Å². The molecule has 1 amide bonds. The van der Waals surface area contributed by atoms with E-state index < -0.39 is 0 Å². The van der Waals surface area contributed by atoms with Crippen molar-refractivity contribution in [2.45, 2.75) is 70.9 Å². The highest BCUT2D eigenvalue weighted by Gasteiger charge is 2.32. The Balaban J connectivity index is 0.00000208. The van der Waals surface area contributed by atoms with Crippen LogP contribution in [0.4, 0.5) is 0 Å². The second-order valence-corrected chi connectivity index (χ2v) is 8.21. The summed E-state index contributed by atoms with van der Waals surface area (Å²) in [5.74, 6) is 1.39. The highest BCUT2D eigenvalue weighted by molar-refractivity contribution is 5.85. The van der Waals surface area contributed by atoms with Crippen molar-refractivity contribution in [2.24, 2.45) is 11.8 Å². The molecule has 24 heavy (non-hydrogen) atoms. The molecule has 0 radical (unpaired) electrons. The number of halogens is 1. The molecule has 1 N–H and O–H groups in total. The van der Waals surface area contributed by atoms with Crippen LogP contribution < -0.4 is 5.32 Å². The predicted molar refractivity (Wildman–Crippen MR) is 102 cm³/mol. The number of nitrogens with zero attached hydrogens (tertiary/aromatic N) is 2. The first-order chi connectivity index (χ1) is 11.1. The molecule has 5 heteroatoms. The van der Waals surface area contributed by atoms with E-state index in [1.807, 2.05) is 0 Å². The molecule has 4 nitrogen and oxygen atoms in total. The lowest BCUT2D eigenvalue weighted by Crippen LogP contribution is -2.50. The average Bonchev–Trinajstić information content (AvgIpc) is 2.56. The molecule has 0 aromatic heterocycles.